The highest BCUT2D eigenvalue weighted by atomic mass is 79.9. The number of carbonyl (C=O) groups is 2. The summed E-state index contributed by atoms with van der Waals surface area (Å²) >= 11 is 9.80. The van der Waals surface area contributed by atoms with E-state index in [1.807, 2.05) is 47.4 Å². The molecule has 0 aliphatic carbocycles. The molecule has 0 spiro atoms. The van der Waals surface area contributed by atoms with Crippen molar-refractivity contribution in [3.05, 3.63) is 99.0 Å². The second-order valence-electron chi connectivity index (χ2n) is 9.08. The Labute approximate surface area is 226 Å². The first kappa shape index (κ1) is 26.2. The predicted molar refractivity (Wildman–Crippen MR) is 147 cm³/mol. The fourth-order valence-corrected chi connectivity index (χ4v) is 5.08. The lowest BCUT2D eigenvalue weighted by molar-refractivity contribution is -0.133. The van der Waals surface area contributed by atoms with Crippen molar-refractivity contribution in [3.8, 4) is 5.75 Å². The molecule has 0 unspecified atom stereocenters. The molecule has 0 radical (unpaired) electrons. The fraction of sp³-hybridized carbons (Fsp3) is 0.310. The van der Waals surface area contributed by atoms with E-state index < -0.39 is 0 Å². The van der Waals surface area contributed by atoms with E-state index in [4.69, 9.17) is 16.3 Å². The van der Waals surface area contributed by atoms with Gasteiger partial charge in [-0.25, -0.2) is 0 Å². The number of nitrogens with zero attached hydrogens (tertiary/aromatic N) is 2. The standard InChI is InChI=1S/C29H30BrClN2O3/c1-32-15-7-8-16-33(28(34)18-22-11-5-6-12-26(22)30)24(17-21-9-3-2-4-10-21)20-36-27-14-13-23(31)19-25(27)29(32)35/h2-6,9-14,19,24H,7-8,15-18,20H2,1H3/t24-/m0/s1. The second kappa shape index (κ2) is 12.4. The third kappa shape index (κ3) is 6.68. The van der Waals surface area contributed by atoms with Gasteiger partial charge in [-0.1, -0.05) is 76.1 Å². The van der Waals surface area contributed by atoms with Crippen molar-refractivity contribution in [1.82, 2.24) is 9.80 Å². The zero-order valence-corrected chi connectivity index (χ0v) is 22.7. The van der Waals surface area contributed by atoms with Gasteiger partial charge in [-0.3, -0.25) is 9.59 Å². The van der Waals surface area contributed by atoms with Crippen LogP contribution < -0.4 is 4.74 Å². The van der Waals surface area contributed by atoms with E-state index in [-0.39, 0.29) is 24.5 Å². The molecule has 5 nitrogen and oxygen atoms in total. The molecule has 0 fully saturated rings. The normalized spacial score (nSPS) is 17.0. The Morgan fingerprint density at radius 3 is 2.53 bits per heavy atom. The highest BCUT2D eigenvalue weighted by molar-refractivity contribution is 9.10. The molecule has 36 heavy (non-hydrogen) atoms. The average molecular weight is 570 g/mol. The largest absolute Gasteiger partial charge is 0.491 e. The van der Waals surface area contributed by atoms with Gasteiger partial charge < -0.3 is 14.5 Å². The molecule has 0 saturated heterocycles. The molecule has 1 aliphatic rings. The van der Waals surface area contributed by atoms with Crippen molar-refractivity contribution < 1.29 is 14.3 Å². The first-order chi connectivity index (χ1) is 17.4. The Morgan fingerprint density at radius 2 is 1.75 bits per heavy atom. The number of fused-ring (bicyclic) bond motifs is 1. The van der Waals surface area contributed by atoms with Crippen molar-refractivity contribution in [2.75, 3.05) is 26.7 Å². The van der Waals surface area contributed by atoms with Crippen LogP contribution in [0.4, 0.5) is 0 Å². The Hall–Kier alpha value is -2.83. The van der Waals surface area contributed by atoms with Crippen molar-refractivity contribution in [3.63, 3.8) is 0 Å². The minimum atomic E-state index is -0.196. The lowest BCUT2D eigenvalue weighted by Gasteiger charge is -2.33. The van der Waals surface area contributed by atoms with Gasteiger partial charge in [-0.2, -0.15) is 0 Å². The van der Waals surface area contributed by atoms with Crippen LogP contribution in [0, 0.1) is 0 Å². The molecule has 3 aromatic rings. The molecular formula is C29H30BrClN2O3. The van der Waals surface area contributed by atoms with E-state index in [2.05, 4.69) is 28.1 Å². The number of halogens is 2. The van der Waals surface area contributed by atoms with Gasteiger partial charge in [-0.05, 0) is 54.7 Å². The summed E-state index contributed by atoms with van der Waals surface area (Å²) in [6.07, 6.45) is 2.53. The number of ether oxygens (including phenoxy) is 1. The van der Waals surface area contributed by atoms with E-state index in [0.29, 0.717) is 42.3 Å². The van der Waals surface area contributed by atoms with Gasteiger partial charge in [0.15, 0.2) is 0 Å². The highest BCUT2D eigenvalue weighted by Crippen LogP contribution is 2.26. The van der Waals surface area contributed by atoms with Crippen molar-refractivity contribution >= 4 is 39.3 Å². The molecular weight excluding hydrogens is 540 g/mol. The third-order valence-electron chi connectivity index (χ3n) is 6.47. The Kier molecular flexibility index (Phi) is 9.05. The zero-order chi connectivity index (χ0) is 25.5. The van der Waals surface area contributed by atoms with Crippen LogP contribution >= 0.6 is 27.5 Å². The van der Waals surface area contributed by atoms with Crippen molar-refractivity contribution in [2.45, 2.75) is 31.7 Å². The maximum absolute atomic E-state index is 13.7. The molecule has 1 heterocycles. The number of hydrogen-bond donors (Lipinski definition) is 0. The molecule has 2 amide bonds. The Morgan fingerprint density at radius 1 is 1.03 bits per heavy atom. The Balaban J connectivity index is 1.67. The van der Waals surface area contributed by atoms with Crippen LogP contribution in [-0.2, 0) is 17.6 Å². The first-order valence-corrected chi connectivity index (χ1v) is 13.3. The maximum Gasteiger partial charge on any atom is 0.257 e. The van der Waals surface area contributed by atoms with E-state index in [1.54, 1.807) is 30.1 Å². The monoisotopic (exact) mass is 568 g/mol. The molecule has 4 rings (SSSR count). The van der Waals surface area contributed by atoms with Crippen LogP contribution in [-0.4, -0.2) is 54.4 Å². The van der Waals surface area contributed by atoms with E-state index in [9.17, 15) is 9.59 Å². The number of carbonyl (C=O) groups excluding carboxylic acids is 2. The predicted octanol–water partition coefficient (Wildman–Crippen LogP) is 6.03. The quantitative estimate of drug-likeness (QED) is 0.386. The first-order valence-electron chi connectivity index (χ1n) is 12.2. The maximum atomic E-state index is 13.7. The van der Waals surface area contributed by atoms with E-state index >= 15 is 0 Å². The molecule has 1 aliphatic heterocycles. The summed E-state index contributed by atoms with van der Waals surface area (Å²) in [6.45, 7) is 1.45. The van der Waals surface area contributed by atoms with Gasteiger partial charge >= 0.3 is 0 Å². The molecule has 0 aromatic heterocycles. The molecule has 7 heteroatoms. The summed E-state index contributed by atoms with van der Waals surface area (Å²) < 4.78 is 7.19. The van der Waals surface area contributed by atoms with Gasteiger partial charge in [0.05, 0.1) is 18.0 Å². The number of hydrogen-bond acceptors (Lipinski definition) is 3. The van der Waals surface area contributed by atoms with E-state index in [1.165, 1.54) is 0 Å². The molecule has 0 bridgehead atoms. The number of benzene rings is 3. The second-order valence-corrected chi connectivity index (χ2v) is 10.4. The highest BCUT2D eigenvalue weighted by Gasteiger charge is 2.27. The summed E-state index contributed by atoms with van der Waals surface area (Å²) in [4.78, 5) is 30.5. The van der Waals surface area contributed by atoms with Gasteiger partial charge in [-0.15, -0.1) is 0 Å². The number of rotatable bonds is 4. The van der Waals surface area contributed by atoms with Crippen LogP contribution in [0.1, 0.15) is 34.3 Å². The smallest absolute Gasteiger partial charge is 0.257 e. The summed E-state index contributed by atoms with van der Waals surface area (Å²) in [7, 11) is 1.78. The zero-order valence-electron chi connectivity index (χ0n) is 20.3. The molecule has 3 aromatic carbocycles. The summed E-state index contributed by atoms with van der Waals surface area (Å²) in [5.41, 5.74) is 2.53. The van der Waals surface area contributed by atoms with Gasteiger partial charge in [0.25, 0.3) is 5.91 Å². The van der Waals surface area contributed by atoms with Gasteiger partial charge in [0.1, 0.15) is 12.4 Å². The summed E-state index contributed by atoms with van der Waals surface area (Å²) in [6, 6.07) is 22.9. The Bertz CT molecular complexity index is 1200. The minimum Gasteiger partial charge on any atom is -0.491 e. The van der Waals surface area contributed by atoms with Gasteiger partial charge in [0, 0.05) is 29.6 Å². The average Bonchev–Trinajstić information content (AvgIpc) is 2.88. The minimum absolute atomic E-state index is 0.0595. The molecule has 188 valence electrons. The molecule has 0 N–H and O–H groups in total. The van der Waals surface area contributed by atoms with Crippen LogP contribution in [0.15, 0.2) is 77.3 Å². The van der Waals surface area contributed by atoms with Crippen LogP contribution in [0.3, 0.4) is 0 Å². The lowest BCUT2D eigenvalue weighted by Crippen LogP contribution is -2.46. The lowest BCUT2D eigenvalue weighted by atomic mass is 10.0. The summed E-state index contributed by atoms with van der Waals surface area (Å²) in [5, 5.41) is 0.484. The summed E-state index contributed by atoms with van der Waals surface area (Å²) in [5.74, 6) is 0.423. The topological polar surface area (TPSA) is 49.9 Å². The van der Waals surface area contributed by atoms with Crippen LogP contribution in [0.5, 0.6) is 5.75 Å². The van der Waals surface area contributed by atoms with Crippen LogP contribution in [0.25, 0.3) is 0 Å². The van der Waals surface area contributed by atoms with Crippen molar-refractivity contribution in [2.24, 2.45) is 0 Å². The third-order valence-corrected chi connectivity index (χ3v) is 7.48. The van der Waals surface area contributed by atoms with Crippen LogP contribution in [0.2, 0.25) is 5.02 Å². The fourth-order valence-electron chi connectivity index (χ4n) is 4.48. The van der Waals surface area contributed by atoms with Gasteiger partial charge in [0.2, 0.25) is 5.91 Å². The SMILES string of the molecule is CN1CCCCN(C(=O)Cc2ccccc2Br)[C@@H](Cc2ccccc2)COc2ccc(Cl)cc2C1=O. The molecule has 1 atom stereocenters. The van der Waals surface area contributed by atoms with Crippen molar-refractivity contribution in [1.29, 1.82) is 0 Å². The number of amides is 2. The van der Waals surface area contributed by atoms with E-state index in [0.717, 1.165) is 28.4 Å². The molecule has 0 saturated carbocycles.